The van der Waals surface area contributed by atoms with Crippen LogP contribution in [0, 0.1) is 16.7 Å². The standard InChI is InChI=1S/C26H32N2O5S/c1-3-5-12-26(13-6-4-2)18-28(21-10-8-7-9-11-21)22-14-20(16-27)23(33-17-25(29)30)15-24(22)34(31,32)19-26/h7-11,14-15H,3-6,12-13,17-19H2,1-2H3,(H,29,30). The minimum atomic E-state index is -3.75. The molecule has 1 aliphatic heterocycles. The summed E-state index contributed by atoms with van der Waals surface area (Å²) in [6.45, 7) is 4.07. The number of aliphatic carboxylic acids is 1. The van der Waals surface area contributed by atoms with Crippen LogP contribution in [-0.4, -0.2) is 38.4 Å². The van der Waals surface area contributed by atoms with Crippen molar-refractivity contribution in [3.05, 3.63) is 48.0 Å². The van der Waals surface area contributed by atoms with E-state index in [1.165, 1.54) is 12.1 Å². The molecule has 0 spiro atoms. The van der Waals surface area contributed by atoms with Gasteiger partial charge in [-0.2, -0.15) is 5.26 Å². The molecule has 34 heavy (non-hydrogen) atoms. The summed E-state index contributed by atoms with van der Waals surface area (Å²) in [6.07, 6.45) is 5.36. The summed E-state index contributed by atoms with van der Waals surface area (Å²) >= 11 is 0. The molecule has 1 heterocycles. The zero-order valence-corrected chi connectivity index (χ0v) is 20.6. The highest BCUT2D eigenvalue weighted by Crippen LogP contribution is 2.46. The molecule has 0 aromatic heterocycles. The molecule has 1 N–H and O–H groups in total. The molecule has 0 atom stereocenters. The molecule has 2 aromatic carbocycles. The van der Waals surface area contributed by atoms with Crippen LogP contribution >= 0.6 is 0 Å². The summed E-state index contributed by atoms with van der Waals surface area (Å²) in [7, 11) is -3.75. The molecule has 2 aromatic rings. The SMILES string of the molecule is CCCCC1(CCCC)CN(c2ccccc2)c2cc(C#N)c(OCC(=O)O)cc2S(=O)(=O)C1. The first-order chi connectivity index (χ1) is 16.2. The summed E-state index contributed by atoms with van der Waals surface area (Å²) < 4.78 is 32.9. The molecule has 0 fully saturated rings. The van der Waals surface area contributed by atoms with Gasteiger partial charge < -0.3 is 14.7 Å². The number of para-hydroxylation sites is 1. The van der Waals surface area contributed by atoms with Gasteiger partial charge >= 0.3 is 5.97 Å². The first-order valence-corrected chi connectivity index (χ1v) is 13.4. The molecular formula is C26H32N2O5S. The fourth-order valence-electron chi connectivity index (χ4n) is 4.67. The second kappa shape index (κ2) is 10.9. The lowest BCUT2D eigenvalue weighted by Gasteiger charge is -2.37. The molecule has 0 saturated heterocycles. The number of fused-ring (bicyclic) bond motifs is 1. The van der Waals surface area contributed by atoms with E-state index in [4.69, 9.17) is 9.84 Å². The summed E-state index contributed by atoms with van der Waals surface area (Å²) in [6, 6.07) is 14.5. The first-order valence-electron chi connectivity index (χ1n) is 11.7. The minimum Gasteiger partial charge on any atom is -0.480 e. The molecule has 182 valence electrons. The van der Waals surface area contributed by atoms with Gasteiger partial charge in [-0.15, -0.1) is 0 Å². The average Bonchev–Trinajstić information content (AvgIpc) is 2.92. The van der Waals surface area contributed by atoms with Gasteiger partial charge in [0.25, 0.3) is 0 Å². The van der Waals surface area contributed by atoms with Gasteiger partial charge in [0.05, 0.1) is 21.9 Å². The lowest BCUT2D eigenvalue weighted by molar-refractivity contribution is -0.139. The van der Waals surface area contributed by atoms with Gasteiger partial charge in [-0.25, -0.2) is 13.2 Å². The van der Waals surface area contributed by atoms with E-state index in [0.29, 0.717) is 12.2 Å². The van der Waals surface area contributed by atoms with E-state index in [9.17, 15) is 18.5 Å². The van der Waals surface area contributed by atoms with Gasteiger partial charge in [-0.05, 0) is 31.0 Å². The van der Waals surface area contributed by atoms with Crippen LogP contribution in [0.1, 0.15) is 57.9 Å². The van der Waals surface area contributed by atoms with E-state index < -0.39 is 27.8 Å². The molecular weight excluding hydrogens is 452 g/mol. The Morgan fingerprint density at radius 1 is 1.15 bits per heavy atom. The molecule has 0 aliphatic carbocycles. The van der Waals surface area contributed by atoms with E-state index in [1.54, 1.807) is 0 Å². The van der Waals surface area contributed by atoms with Crippen LogP contribution in [0.3, 0.4) is 0 Å². The fourth-order valence-corrected chi connectivity index (χ4v) is 6.79. The number of nitriles is 1. The van der Waals surface area contributed by atoms with Crippen molar-refractivity contribution in [3.8, 4) is 11.8 Å². The molecule has 8 heteroatoms. The minimum absolute atomic E-state index is 0.000600. The number of carboxylic acid groups (broad SMARTS) is 1. The maximum Gasteiger partial charge on any atom is 0.341 e. The largest absolute Gasteiger partial charge is 0.480 e. The number of nitrogens with zero attached hydrogens (tertiary/aromatic N) is 2. The summed E-state index contributed by atoms with van der Waals surface area (Å²) in [5.41, 5.74) is 0.932. The predicted molar refractivity (Wildman–Crippen MR) is 131 cm³/mol. The number of hydrogen-bond donors (Lipinski definition) is 1. The number of sulfone groups is 1. The fraction of sp³-hybridized carbons (Fsp3) is 0.462. The monoisotopic (exact) mass is 484 g/mol. The lowest BCUT2D eigenvalue weighted by atomic mass is 9.79. The number of ether oxygens (including phenoxy) is 1. The topological polar surface area (TPSA) is 108 Å². The Bertz CT molecular complexity index is 1150. The highest BCUT2D eigenvalue weighted by atomic mass is 32.2. The normalized spacial score (nSPS) is 16.2. The molecule has 0 saturated carbocycles. The lowest BCUT2D eigenvalue weighted by Crippen LogP contribution is -2.38. The Hall–Kier alpha value is -3.05. The van der Waals surface area contributed by atoms with Crippen LogP contribution in [0.4, 0.5) is 11.4 Å². The van der Waals surface area contributed by atoms with Crippen LogP contribution in [0.5, 0.6) is 5.75 Å². The van der Waals surface area contributed by atoms with E-state index in [-0.39, 0.29) is 22.0 Å². The third-order valence-electron chi connectivity index (χ3n) is 6.34. The van der Waals surface area contributed by atoms with Crippen LogP contribution in [0.2, 0.25) is 0 Å². The van der Waals surface area contributed by atoms with E-state index in [0.717, 1.165) is 44.2 Å². The highest BCUT2D eigenvalue weighted by Gasteiger charge is 2.42. The molecule has 3 rings (SSSR count). The summed E-state index contributed by atoms with van der Waals surface area (Å²) in [5.74, 6) is -1.23. The summed E-state index contributed by atoms with van der Waals surface area (Å²) in [5, 5.41) is 18.7. The van der Waals surface area contributed by atoms with Crippen molar-refractivity contribution >= 4 is 27.2 Å². The second-order valence-corrected chi connectivity index (χ2v) is 11.0. The number of unbranched alkanes of at least 4 members (excludes halogenated alkanes) is 2. The van der Waals surface area contributed by atoms with Gasteiger partial charge in [0.2, 0.25) is 0 Å². The number of benzene rings is 2. The number of carboxylic acids is 1. The maximum atomic E-state index is 13.8. The number of anilines is 2. The van der Waals surface area contributed by atoms with Crippen LogP contribution in [0.25, 0.3) is 0 Å². The molecule has 0 bridgehead atoms. The summed E-state index contributed by atoms with van der Waals surface area (Å²) in [4.78, 5) is 13.1. The molecule has 1 aliphatic rings. The van der Waals surface area contributed by atoms with Crippen molar-refractivity contribution in [1.82, 2.24) is 0 Å². The number of hydrogen-bond acceptors (Lipinski definition) is 6. The van der Waals surface area contributed by atoms with Gasteiger partial charge in [-0.3, -0.25) is 0 Å². The van der Waals surface area contributed by atoms with Crippen molar-refractivity contribution in [2.45, 2.75) is 57.3 Å². The predicted octanol–water partition coefficient (Wildman–Crippen LogP) is 5.31. The Kier molecular flexibility index (Phi) is 8.21. The van der Waals surface area contributed by atoms with Gasteiger partial charge in [-0.1, -0.05) is 57.7 Å². The van der Waals surface area contributed by atoms with Crippen molar-refractivity contribution in [2.24, 2.45) is 5.41 Å². The van der Waals surface area contributed by atoms with Gasteiger partial charge in [0.15, 0.2) is 16.4 Å². The van der Waals surface area contributed by atoms with Crippen molar-refractivity contribution < 1.29 is 23.1 Å². The first kappa shape index (κ1) is 25.6. The van der Waals surface area contributed by atoms with Crippen molar-refractivity contribution in [3.63, 3.8) is 0 Å². The average molecular weight is 485 g/mol. The molecule has 0 radical (unpaired) electrons. The quantitative estimate of drug-likeness (QED) is 0.486. The van der Waals surface area contributed by atoms with Crippen LogP contribution in [0.15, 0.2) is 47.4 Å². The van der Waals surface area contributed by atoms with Gasteiger partial charge in [0, 0.05) is 23.7 Å². The van der Waals surface area contributed by atoms with Crippen LogP contribution < -0.4 is 9.64 Å². The number of carbonyl (C=O) groups is 1. The maximum absolute atomic E-state index is 13.8. The van der Waals surface area contributed by atoms with Crippen molar-refractivity contribution in [2.75, 3.05) is 23.8 Å². The van der Waals surface area contributed by atoms with E-state index in [1.807, 2.05) is 41.3 Å². The zero-order chi connectivity index (χ0) is 24.8. The highest BCUT2D eigenvalue weighted by molar-refractivity contribution is 7.91. The van der Waals surface area contributed by atoms with Crippen molar-refractivity contribution in [1.29, 1.82) is 5.26 Å². The number of rotatable bonds is 10. The zero-order valence-electron chi connectivity index (χ0n) is 19.8. The molecule has 0 amide bonds. The molecule has 0 unspecified atom stereocenters. The third-order valence-corrected chi connectivity index (χ3v) is 8.33. The third kappa shape index (κ3) is 5.71. The second-order valence-electron chi connectivity index (χ2n) is 9.00. The van der Waals surface area contributed by atoms with Gasteiger partial charge in [0.1, 0.15) is 11.8 Å². The smallest absolute Gasteiger partial charge is 0.341 e. The van der Waals surface area contributed by atoms with E-state index >= 15 is 0 Å². The Morgan fingerprint density at radius 2 is 1.79 bits per heavy atom. The van der Waals surface area contributed by atoms with Crippen LogP contribution in [-0.2, 0) is 14.6 Å². The Labute approximate surface area is 201 Å². The Morgan fingerprint density at radius 3 is 2.35 bits per heavy atom. The van der Waals surface area contributed by atoms with E-state index in [2.05, 4.69) is 13.8 Å². The molecule has 7 nitrogen and oxygen atoms in total. The Balaban J connectivity index is 2.24.